The van der Waals surface area contributed by atoms with Crippen molar-refractivity contribution in [3.8, 4) is 0 Å². The third-order valence-electron chi connectivity index (χ3n) is 4.09. The molecule has 1 aliphatic rings. The molecule has 2 heterocycles. The van der Waals surface area contributed by atoms with E-state index in [-0.39, 0.29) is 12.1 Å². The lowest BCUT2D eigenvalue weighted by molar-refractivity contribution is 0.0992. The second kappa shape index (κ2) is 6.50. The molecule has 1 atom stereocenters. The molecule has 1 aromatic heterocycles. The summed E-state index contributed by atoms with van der Waals surface area (Å²) in [5.41, 5.74) is 2.49. The number of hydrogen-bond acceptors (Lipinski definition) is 3. The van der Waals surface area contributed by atoms with E-state index >= 15 is 0 Å². The molecule has 2 aromatic carbocycles. The van der Waals surface area contributed by atoms with Gasteiger partial charge in [0.15, 0.2) is 0 Å². The van der Waals surface area contributed by atoms with Gasteiger partial charge in [-0.15, -0.1) is 0 Å². The van der Waals surface area contributed by atoms with E-state index in [4.69, 9.17) is 11.6 Å². The topological polar surface area (TPSA) is 45.2 Å². The van der Waals surface area contributed by atoms with E-state index in [2.05, 4.69) is 26.2 Å². The fraction of sp³-hybridized carbons (Fsp3) is 0.0526. The van der Waals surface area contributed by atoms with Crippen LogP contribution in [-0.2, 0) is 0 Å². The normalized spacial score (nSPS) is 16.0. The summed E-state index contributed by atoms with van der Waals surface area (Å²) in [5.74, 6) is 0.463. The molecule has 0 saturated heterocycles. The number of pyridine rings is 1. The van der Waals surface area contributed by atoms with Crippen molar-refractivity contribution in [3.63, 3.8) is 0 Å². The van der Waals surface area contributed by atoms with E-state index in [1.54, 1.807) is 23.2 Å². The second-order valence-electron chi connectivity index (χ2n) is 5.62. The van der Waals surface area contributed by atoms with Gasteiger partial charge in [0, 0.05) is 21.8 Å². The number of halogens is 2. The number of carbonyl (C=O) groups is 1. The van der Waals surface area contributed by atoms with Crippen molar-refractivity contribution in [2.45, 2.75) is 6.17 Å². The third-order valence-corrected chi connectivity index (χ3v) is 5.00. The van der Waals surface area contributed by atoms with Gasteiger partial charge in [-0.05, 0) is 46.3 Å². The number of nitrogens with one attached hydrogen (secondary N) is 1. The molecule has 1 unspecified atom stereocenters. The van der Waals surface area contributed by atoms with Gasteiger partial charge in [0.05, 0.1) is 10.7 Å². The van der Waals surface area contributed by atoms with Crippen molar-refractivity contribution in [2.75, 3.05) is 10.2 Å². The summed E-state index contributed by atoms with van der Waals surface area (Å²) >= 11 is 9.49. The lowest BCUT2D eigenvalue weighted by Crippen LogP contribution is -2.33. The number of hydrogen-bond donors (Lipinski definition) is 1. The molecule has 0 fully saturated rings. The van der Waals surface area contributed by atoms with Crippen molar-refractivity contribution in [1.82, 2.24) is 4.98 Å². The molecule has 0 aliphatic carbocycles. The molecular formula is C19H13BrClN3O. The minimum absolute atomic E-state index is 0.0880. The van der Waals surface area contributed by atoms with Crippen LogP contribution >= 0.6 is 27.5 Å². The monoisotopic (exact) mass is 413 g/mol. The number of aromatic nitrogens is 1. The van der Waals surface area contributed by atoms with Crippen LogP contribution in [0.2, 0.25) is 5.02 Å². The molecule has 3 aromatic rings. The van der Waals surface area contributed by atoms with Crippen LogP contribution in [0, 0.1) is 0 Å². The van der Waals surface area contributed by atoms with E-state index in [9.17, 15) is 4.79 Å². The van der Waals surface area contributed by atoms with Gasteiger partial charge in [-0.3, -0.25) is 9.69 Å². The van der Waals surface area contributed by atoms with Crippen molar-refractivity contribution in [1.29, 1.82) is 0 Å². The highest BCUT2D eigenvalue weighted by molar-refractivity contribution is 9.10. The summed E-state index contributed by atoms with van der Waals surface area (Å²) in [6.45, 7) is 0. The molecule has 1 amide bonds. The molecule has 124 valence electrons. The average Bonchev–Trinajstić information content (AvgIpc) is 2.90. The Balaban J connectivity index is 1.80. The number of carbonyl (C=O) groups excluding carboxylic acids is 1. The van der Waals surface area contributed by atoms with E-state index in [0.717, 1.165) is 15.7 Å². The largest absolute Gasteiger partial charge is 0.360 e. The number of nitrogens with zero attached hydrogens (tertiary/aromatic N) is 2. The highest BCUT2D eigenvalue weighted by atomic mass is 79.9. The van der Waals surface area contributed by atoms with Crippen LogP contribution in [0.4, 0.5) is 11.5 Å². The molecule has 1 N–H and O–H groups in total. The molecule has 0 bridgehead atoms. The van der Waals surface area contributed by atoms with Crippen molar-refractivity contribution < 1.29 is 4.79 Å². The quantitative estimate of drug-likeness (QED) is 0.635. The van der Waals surface area contributed by atoms with Gasteiger partial charge in [0.2, 0.25) is 0 Å². The summed E-state index contributed by atoms with van der Waals surface area (Å²) < 4.78 is 0.927. The molecule has 1 aliphatic heterocycles. The molecule has 4 rings (SSSR count). The zero-order chi connectivity index (χ0) is 17.4. The van der Waals surface area contributed by atoms with Gasteiger partial charge in [0.25, 0.3) is 5.91 Å². The standard InChI is InChI=1S/C19H13BrClN3O/c20-15-7-3-4-8-16(15)23-18-13-5-1-2-6-14(13)19(25)24(18)17-10-9-12(21)11-22-17/h1-11,18,23H. The molecule has 6 heteroatoms. The number of amides is 1. The van der Waals surface area contributed by atoms with Crippen LogP contribution < -0.4 is 10.2 Å². The second-order valence-corrected chi connectivity index (χ2v) is 6.91. The zero-order valence-electron chi connectivity index (χ0n) is 13.0. The van der Waals surface area contributed by atoms with Gasteiger partial charge in [-0.25, -0.2) is 4.98 Å². The van der Waals surface area contributed by atoms with E-state index < -0.39 is 0 Å². The minimum atomic E-state index is -0.351. The predicted octanol–water partition coefficient (Wildman–Crippen LogP) is 5.27. The SMILES string of the molecule is O=C1c2ccccc2C(Nc2ccccc2Br)N1c1ccc(Cl)cn1. The summed E-state index contributed by atoms with van der Waals surface area (Å²) in [6.07, 6.45) is 1.19. The molecule has 0 radical (unpaired) electrons. The lowest BCUT2D eigenvalue weighted by atomic mass is 10.1. The number of rotatable bonds is 3. The highest BCUT2D eigenvalue weighted by Gasteiger charge is 2.38. The van der Waals surface area contributed by atoms with Crippen molar-refractivity contribution in [3.05, 3.63) is 87.5 Å². The lowest BCUT2D eigenvalue weighted by Gasteiger charge is -2.26. The fourth-order valence-electron chi connectivity index (χ4n) is 2.93. The first-order valence-corrected chi connectivity index (χ1v) is 8.87. The fourth-order valence-corrected chi connectivity index (χ4v) is 3.44. The Morgan fingerprint density at radius 3 is 2.56 bits per heavy atom. The Kier molecular flexibility index (Phi) is 4.19. The van der Waals surface area contributed by atoms with Crippen LogP contribution in [0.1, 0.15) is 22.1 Å². The van der Waals surface area contributed by atoms with Crippen LogP contribution in [0.5, 0.6) is 0 Å². The van der Waals surface area contributed by atoms with Crippen LogP contribution in [0.3, 0.4) is 0 Å². The van der Waals surface area contributed by atoms with Gasteiger partial charge >= 0.3 is 0 Å². The third kappa shape index (κ3) is 2.90. The van der Waals surface area contributed by atoms with Crippen molar-refractivity contribution in [2.24, 2.45) is 0 Å². The van der Waals surface area contributed by atoms with Crippen molar-refractivity contribution >= 4 is 44.9 Å². The Morgan fingerprint density at radius 1 is 1.04 bits per heavy atom. The van der Waals surface area contributed by atoms with E-state index in [1.807, 2.05) is 48.5 Å². The number of anilines is 2. The summed E-state index contributed by atoms with van der Waals surface area (Å²) in [6, 6.07) is 18.9. The van der Waals surface area contributed by atoms with Crippen LogP contribution in [-0.4, -0.2) is 10.9 Å². The van der Waals surface area contributed by atoms with E-state index in [0.29, 0.717) is 16.4 Å². The maximum atomic E-state index is 13.0. The van der Waals surface area contributed by atoms with Gasteiger partial charge < -0.3 is 5.32 Å². The maximum absolute atomic E-state index is 13.0. The number of fused-ring (bicyclic) bond motifs is 1. The predicted molar refractivity (Wildman–Crippen MR) is 103 cm³/mol. The van der Waals surface area contributed by atoms with Crippen LogP contribution in [0.15, 0.2) is 71.3 Å². The van der Waals surface area contributed by atoms with Gasteiger partial charge in [-0.1, -0.05) is 41.9 Å². The number of para-hydroxylation sites is 1. The smallest absolute Gasteiger partial charge is 0.261 e. The first kappa shape index (κ1) is 16.1. The average molecular weight is 415 g/mol. The Bertz CT molecular complexity index is 945. The maximum Gasteiger partial charge on any atom is 0.261 e. The molecule has 25 heavy (non-hydrogen) atoms. The molecule has 4 nitrogen and oxygen atoms in total. The zero-order valence-corrected chi connectivity index (χ0v) is 15.3. The van der Waals surface area contributed by atoms with E-state index in [1.165, 1.54) is 0 Å². The number of benzene rings is 2. The summed E-state index contributed by atoms with van der Waals surface area (Å²) in [4.78, 5) is 19.0. The minimum Gasteiger partial charge on any atom is -0.360 e. The van der Waals surface area contributed by atoms with Crippen LogP contribution in [0.25, 0.3) is 0 Å². The Morgan fingerprint density at radius 2 is 1.80 bits per heavy atom. The Labute approximate surface area is 158 Å². The summed E-state index contributed by atoms with van der Waals surface area (Å²) in [5, 5.41) is 3.97. The molecule has 0 spiro atoms. The first-order valence-electron chi connectivity index (χ1n) is 7.70. The first-order chi connectivity index (χ1) is 12.1. The molecular weight excluding hydrogens is 402 g/mol. The Hall–Kier alpha value is -2.37. The van der Waals surface area contributed by atoms with Gasteiger partial charge in [0.1, 0.15) is 12.0 Å². The van der Waals surface area contributed by atoms with Gasteiger partial charge in [-0.2, -0.15) is 0 Å². The summed E-state index contributed by atoms with van der Waals surface area (Å²) in [7, 11) is 0. The highest BCUT2D eigenvalue weighted by Crippen LogP contribution is 2.38. The molecule has 0 saturated carbocycles.